The van der Waals surface area contributed by atoms with Crippen molar-refractivity contribution in [1.29, 1.82) is 0 Å². The average Bonchev–Trinajstić information content (AvgIpc) is 3.88. The van der Waals surface area contributed by atoms with Gasteiger partial charge in [0.2, 0.25) is 65.0 Å². The van der Waals surface area contributed by atoms with Crippen LogP contribution in [0.4, 0.5) is 0 Å². The van der Waals surface area contributed by atoms with Crippen LogP contribution in [-0.2, 0) is 70.4 Å². The van der Waals surface area contributed by atoms with Crippen LogP contribution in [0.5, 0.6) is 5.75 Å². The molecule has 0 saturated heterocycles. The van der Waals surface area contributed by atoms with Gasteiger partial charge in [0.15, 0.2) is 0 Å². The minimum Gasteiger partial charge on any atom is -0.508 e. The highest BCUT2D eigenvalue weighted by molar-refractivity contribution is 5.99. The number of aromatic nitrogens is 1. The van der Waals surface area contributed by atoms with Gasteiger partial charge in [-0.1, -0.05) is 71.9 Å². The molecule has 0 spiro atoms. The molecule has 0 unspecified atom stereocenters. The second-order valence-electron chi connectivity index (χ2n) is 22.0. The molecule has 0 fully saturated rings. The number of para-hydroxylation sites is 1. The molecule has 1 heterocycles. The van der Waals surface area contributed by atoms with E-state index < -0.39 is 158 Å². The number of phenols is 1. The van der Waals surface area contributed by atoms with Crippen LogP contribution >= 0.6 is 0 Å². The molecule has 0 aliphatic carbocycles. The molecule has 0 aliphatic heterocycles. The van der Waals surface area contributed by atoms with Crippen molar-refractivity contribution in [3.05, 3.63) is 65.9 Å². The predicted molar refractivity (Wildman–Crippen MR) is 308 cm³/mol. The summed E-state index contributed by atoms with van der Waals surface area (Å²) in [6, 6.07) is -0.179. The monoisotopic (exact) mass is 1190 g/mol. The second kappa shape index (κ2) is 34.2. The fourth-order valence-corrected chi connectivity index (χ4v) is 8.67. The van der Waals surface area contributed by atoms with Gasteiger partial charge < -0.3 is 90.0 Å². The van der Waals surface area contributed by atoms with Crippen LogP contribution in [0.15, 0.2) is 54.7 Å². The number of fused-ring (bicyclic) bond motifs is 1. The number of aromatic amines is 1. The zero-order chi connectivity index (χ0) is 63.8. The number of carboxylic acid groups (broad SMARTS) is 1. The van der Waals surface area contributed by atoms with Crippen LogP contribution in [-0.4, -0.2) is 177 Å². The van der Waals surface area contributed by atoms with Crippen molar-refractivity contribution in [3.8, 4) is 5.75 Å². The lowest BCUT2D eigenvalue weighted by molar-refractivity contribution is -0.138. The largest absolute Gasteiger partial charge is 0.508 e. The normalized spacial score (nSPS) is 14.8. The summed E-state index contributed by atoms with van der Waals surface area (Å²) in [4.78, 5) is 161. The maximum atomic E-state index is 14.0. The summed E-state index contributed by atoms with van der Waals surface area (Å²) >= 11 is 0. The summed E-state index contributed by atoms with van der Waals surface area (Å²) < 4.78 is 0. The molecular weight excluding hydrogens is 1110 g/mol. The first-order chi connectivity index (χ1) is 39.9. The minimum atomic E-state index is -1.82. The molecule has 1 aromatic heterocycles. The standard InChI is InChI=1S/C56H83N13O16/c1-27(2)17-38(50(79)61-25-46(75)76)64-51(80)39(18-28(3)4)65-53(82)41(20-32-13-15-34(72)16-14-32)63-45(74)24-60-48(77)30(7)62-55(84)43(26-70)68-54(83)42(22-44(58)73)66-52(81)40(19-29(5)6)67-56(85)47(31(8)71)69-49(78)36(57)21-33-23-59-37-12-10-9-11-35(33)37/h9-16,23,27-31,36,38-43,47,59,70-72H,17-22,24-26,57H2,1-8H3,(H2,58,73)(H,60,77)(H,61,79)(H,62,84)(H,63,74)(H,64,80)(H,65,82)(H,66,81)(H,67,85)(H,68,83)(H,69,78)(H,75,76)/t30-,31+,36-,38-,39-,40-,41-,42-,43-,47-/m0/s1. The van der Waals surface area contributed by atoms with E-state index in [1.165, 1.54) is 38.1 Å². The molecular formula is C56H83N13O16. The average molecular weight is 1190 g/mol. The highest BCUT2D eigenvalue weighted by atomic mass is 16.4. The molecule has 19 N–H and O–H groups in total. The van der Waals surface area contributed by atoms with Gasteiger partial charge in [-0.3, -0.25) is 57.5 Å². The number of carbonyl (C=O) groups excluding carboxylic acids is 11. The van der Waals surface area contributed by atoms with E-state index in [-0.39, 0.29) is 55.6 Å². The Morgan fingerprint density at radius 3 is 1.54 bits per heavy atom. The Morgan fingerprint density at radius 2 is 1.01 bits per heavy atom. The molecule has 2 aromatic carbocycles. The van der Waals surface area contributed by atoms with Crippen molar-refractivity contribution in [2.24, 2.45) is 29.2 Å². The number of phenolic OH excluding ortho intramolecular Hbond substituents is 1. The van der Waals surface area contributed by atoms with E-state index in [0.717, 1.165) is 16.5 Å². The highest BCUT2D eigenvalue weighted by Crippen LogP contribution is 2.19. The van der Waals surface area contributed by atoms with Crippen LogP contribution in [0.3, 0.4) is 0 Å². The number of aliphatic hydroxyl groups is 2. The number of rotatable bonds is 35. The number of carbonyl (C=O) groups is 12. The smallest absolute Gasteiger partial charge is 0.322 e. The number of hydrogen-bond donors (Lipinski definition) is 17. The molecule has 29 heteroatoms. The number of nitrogens with one attached hydrogen (secondary N) is 11. The molecule has 85 heavy (non-hydrogen) atoms. The summed E-state index contributed by atoms with van der Waals surface area (Å²) in [6.45, 7) is 10.4. The SMILES string of the molecule is CC(C)C[C@H](NC(=O)[C@H](CC(C)C)NC(=O)[C@H](Cc1ccc(O)cc1)NC(=O)CNC(=O)[C@H](C)NC(=O)[C@H](CO)NC(=O)[C@H](CC(N)=O)NC(=O)[C@H](CC(C)C)NC(=O)[C@@H](NC(=O)[C@@H](N)Cc1c[nH]c2ccccc12)[C@@H](C)O)C(=O)NCC(=O)O. The van der Waals surface area contributed by atoms with Gasteiger partial charge in [-0.2, -0.15) is 0 Å². The van der Waals surface area contributed by atoms with E-state index in [1.807, 2.05) is 24.3 Å². The summed E-state index contributed by atoms with van der Waals surface area (Å²) in [5.41, 5.74) is 13.6. The molecule has 468 valence electrons. The van der Waals surface area contributed by atoms with Crippen molar-refractivity contribution < 1.29 is 78.0 Å². The van der Waals surface area contributed by atoms with Crippen LogP contribution in [0.1, 0.15) is 92.2 Å². The van der Waals surface area contributed by atoms with Crippen molar-refractivity contribution in [2.75, 3.05) is 19.7 Å². The summed E-state index contributed by atoms with van der Waals surface area (Å²) in [6.07, 6.45) is -0.640. The molecule has 11 amide bonds. The number of aliphatic hydroxyl groups excluding tert-OH is 2. The Kier molecular flexibility index (Phi) is 28.4. The minimum absolute atomic E-state index is 0.0653. The summed E-state index contributed by atoms with van der Waals surface area (Å²) in [5, 5.41) is 64.5. The van der Waals surface area contributed by atoms with Gasteiger partial charge in [-0.15, -0.1) is 0 Å². The van der Waals surface area contributed by atoms with Crippen LogP contribution in [0.25, 0.3) is 10.9 Å². The second-order valence-corrected chi connectivity index (χ2v) is 22.0. The molecule has 10 atom stereocenters. The first-order valence-corrected chi connectivity index (χ1v) is 27.7. The number of aromatic hydroxyl groups is 1. The van der Waals surface area contributed by atoms with E-state index >= 15 is 0 Å². The first-order valence-electron chi connectivity index (χ1n) is 27.7. The number of amides is 11. The van der Waals surface area contributed by atoms with E-state index in [9.17, 15) is 72.9 Å². The molecule has 3 aromatic rings. The van der Waals surface area contributed by atoms with Crippen LogP contribution in [0, 0.1) is 17.8 Å². The molecule has 29 nitrogen and oxygen atoms in total. The molecule has 0 bridgehead atoms. The number of aliphatic carboxylic acids is 1. The highest BCUT2D eigenvalue weighted by Gasteiger charge is 2.36. The third kappa shape index (κ3) is 24.2. The molecule has 3 rings (SSSR count). The summed E-state index contributed by atoms with van der Waals surface area (Å²) in [5.74, 6) is -12.5. The fourth-order valence-electron chi connectivity index (χ4n) is 8.67. The maximum Gasteiger partial charge on any atom is 0.322 e. The van der Waals surface area contributed by atoms with Crippen molar-refractivity contribution in [1.82, 2.24) is 58.2 Å². The number of H-pyrrole nitrogens is 1. The zero-order valence-electron chi connectivity index (χ0n) is 48.9. The zero-order valence-corrected chi connectivity index (χ0v) is 48.9. The lowest BCUT2D eigenvalue weighted by Gasteiger charge is -2.28. The van der Waals surface area contributed by atoms with E-state index in [0.29, 0.717) is 5.56 Å². The molecule has 0 radical (unpaired) electrons. The lowest BCUT2D eigenvalue weighted by Crippen LogP contribution is -2.61. The van der Waals surface area contributed by atoms with E-state index in [4.69, 9.17) is 16.6 Å². The quantitative estimate of drug-likeness (QED) is 0.0273. The van der Waals surface area contributed by atoms with Gasteiger partial charge in [0.1, 0.15) is 60.6 Å². The third-order valence-corrected chi connectivity index (χ3v) is 13.0. The van der Waals surface area contributed by atoms with Gasteiger partial charge >= 0.3 is 5.97 Å². The Morgan fingerprint density at radius 1 is 0.529 bits per heavy atom. The summed E-state index contributed by atoms with van der Waals surface area (Å²) in [7, 11) is 0. The number of primary amides is 1. The van der Waals surface area contributed by atoms with Crippen molar-refractivity contribution in [2.45, 2.75) is 154 Å². The van der Waals surface area contributed by atoms with E-state index in [2.05, 4.69) is 58.2 Å². The van der Waals surface area contributed by atoms with Gasteiger partial charge in [0, 0.05) is 23.5 Å². The number of nitrogens with two attached hydrogens (primary N) is 2. The first kappa shape index (κ1) is 70.6. The Balaban J connectivity index is 1.68. The Labute approximate surface area is 491 Å². The van der Waals surface area contributed by atoms with E-state index in [1.54, 1.807) is 47.7 Å². The number of carboxylic acids is 1. The Hall–Kier alpha value is -8.70. The lowest BCUT2D eigenvalue weighted by atomic mass is 9.99. The topological polar surface area (TPSA) is 474 Å². The third-order valence-electron chi connectivity index (χ3n) is 13.0. The van der Waals surface area contributed by atoms with Gasteiger partial charge in [-0.05, 0) is 86.6 Å². The van der Waals surface area contributed by atoms with Crippen molar-refractivity contribution in [3.63, 3.8) is 0 Å². The van der Waals surface area contributed by atoms with Gasteiger partial charge in [0.05, 0.1) is 31.7 Å². The predicted octanol–water partition coefficient (Wildman–Crippen LogP) is -3.41. The number of benzene rings is 2. The van der Waals surface area contributed by atoms with Gasteiger partial charge in [0.25, 0.3) is 0 Å². The van der Waals surface area contributed by atoms with Crippen LogP contribution in [0.2, 0.25) is 0 Å². The van der Waals surface area contributed by atoms with Crippen molar-refractivity contribution >= 4 is 81.9 Å². The maximum absolute atomic E-state index is 14.0. The van der Waals surface area contributed by atoms with Gasteiger partial charge in [-0.25, -0.2) is 0 Å². The fraction of sp³-hybridized carbons (Fsp3) is 0.536. The van der Waals surface area contributed by atoms with Crippen LogP contribution < -0.4 is 64.6 Å². The Bertz CT molecular complexity index is 2820. The molecule has 0 saturated carbocycles. The number of hydrogen-bond acceptors (Lipinski definition) is 16. The molecule has 0 aliphatic rings.